The maximum Gasteiger partial charge on any atom is 0.179 e. The van der Waals surface area contributed by atoms with Crippen LogP contribution in [0.25, 0.3) is 0 Å². The van der Waals surface area contributed by atoms with E-state index in [9.17, 15) is 4.79 Å². The predicted molar refractivity (Wildman–Crippen MR) is 82.2 cm³/mol. The molecule has 19 heavy (non-hydrogen) atoms. The Balaban J connectivity index is 2.33. The zero-order valence-electron chi connectivity index (χ0n) is 10.9. The number of aryl methyl sites for hydroxylation is 1. The van der Waals surface area contributed by atoms with Gasteiger partial charge < -0.3 is 4.57 Å². The molecule has 0 spiro atoms. The lowest BCUT2D eigenvalue weighted by atomic mass is 10.2. The second kappa shape index (κ2) is 5.93. The molecule has 4 heteroatoms. The molecule has 0 aliphatic carbocycles. The van der Waals surface area contributed by atoms with Gasteiger partial charge in [-0.1, -0.05) is 28.1 Å². The van der Waals surface area contributed by atoms with Crippen molar-refractivity contribution in [3.63, 3.8) is 0 Å². The maximum absolute atomic E-state index is 11.7. The SMILES string of the molecule is Cc1cc(C(=O)CCl)c(C)n1Cc1ccc(Br)cc1. The highest BCUT2D eigenvalue weighted by atomic mass is 79.9. The Morgan fingerprint density at radius 1 is 1.26 bits per heavy atom. The van der Waals surface area contributed by atoms with E-state index in [2.05, 4.69) is 32.6 Å². The van der Waals surface area contributed by atoms with Gasteiger partial charge in [-0.25, -0.2) is 0 Å². The lowest BCUT2D eigenvalue weighted by Gasteiger charge is -2.10. The first-order valence-corrected chi connectivity index (χ1v) is 7.36. The topological polar surface area (TPSA) is 22.0 Å². The first-order chi connectivity index (χ1) is 9.02. The summed E-state index contributed by atoms with van der Waals surface area (Å²) in [5, 5.41) is 0. The van der Waals surface area contributed by atoms with E-state index in [0.717, 1.165) is 28.0 Å². The fraction of sp³-hybridized carbons (Fsp3) is 0.267. The summed E-state index contributed by atoms with van der Waals surface area (Å²) in [5.41, 5.74) is 3.99. The minimum atomic E-state index is -0.0168. The molecule has 2 nitrogen and oxygen atoms in total. The third-order valence-corrected chi connectivity index (χ3v) is 4.02. The summed E-state index contributed by atoms with van der Waals surface area (Å²) in [6.45, 7) is 4.74. The number of hydrogen-bond donors (Lipinski definition) is 0. The van der Waals surface area contributed by atoms with Gasteiger partial charge in [-0.2, -0.15) is 0 Å². The Morgan fingerprint density at radius 2 is 1.89 bits per heavy atom. The number of carbonyl (C=O) groups excluding carboxylic acids is 1. The van der Waals surface area contributed by atoms with Gasteiger partial charge in [-0.15, -0.1) is 11.6 Å². The maximum atomic E-state index is 11.7. The highest BCUT2D eigenvalue weighted by Gasteiger charge is 2.14. The van der Waals surface area contributed by atoms with E-state index in [1.165, 1.54) is 5.56 Å². The van der Waals surface area contributed by atoms with Crippen LogP contribution < -0.4 is 0 Å². The monoisotopic (exact) mass is 339 g/mol. The Hall–Kier alpha value is -1.06. The standard InChI is InChI=1S/C15H15BrClNO/c1-10-7-14(15(19)8-17)11(2)18(10)9-12-3-5-13(16)6-4-12/h3-7H,8-9H2,1-2H3. The van der Waals surface area contributed by atoms with Gasteiger partial charge in [0.15, 0.2) is 5.78 Å². The molecule has 0 saturated heterocycles. The van der Waals surface area contributed by atoms with Gasteiger partial charge in [0.1, 0.15) is 0 Å². The fourth-order valence-corrected chi connectivity index (χ4v) is 2.58. The van der Waals surface area contributed by atoms with Gasteiger partial charge in [-0.05, 0) is 37.6 Å². The molecular weight excluding hydrogens is 326 g/mol. The summed E-state index contributed by atoms with van der Waals surface area (Å²) in [5.74, 6) is 0.0135. The van der Waals surface area contributed by atoms with Crippen LogP contribution >= 0.6 is 27.5 Å². The molecule has 1 aromatic carbocycles. The normalized spacial score (nSPS) is 10.7. The Morgan fingerprint density at radius 3 is 2.47 bits per heavy atom. The van der Waals surface area contributed by atoms with E-state index >= 15 is 0 Å². The molecule has 1 heterocycles. The zero-order valence-corrected chi connectivity index (χ0v) is 13.3. The van der Waals surface area contributed by atoms with E-state index in [1.54, 1.807) is 0 Å². The molecule has 0 N–H and O–H groups in total. The van der Waals surface area contributed by atoms with Crippen LogP contribution in [0.3, 0.4) is 0 Å². The van der Waals surface area contributed by atoms with E-state index < -0.39 is 0 Å². The first kappa shape index (κ1) is 14.4. The summed E-state index contributed by atoms with van der Waals surface area (Å²) in [6.07, 6.45) is 0. The summed E-state index contributed by atoms with van der Waals surface area (Å²) in [7, 11) is 0. The average Bonchev–Trinajstić information content (AvgIpc) is 2.68. The molecule has 2 aromatic rings. The van der Waals surface area contributed by atoms with Crippen LogP contribution in [-0.2, 0) is 6.54 Å². The van der Waals surface area contributed by atoms with E-state index in [0.29, 0.717) is 0 Å². The number of carbonyl (C=O) groups is 1. The summed E-state index contributed by atoms with van der Waals surface area (Å²) >= 11 is 9.06. The molecule has 2 rings (SSSR count). The van der Waals surface area contributed by atoms with Crippen LogP contribution in [-0.4, -0.2) is 16.2 Å². The third-order valence-electron chi connectivity index (χ3n) is 3.25. The molecule has 0 fully saturated rings. The molecule has 0 radical (unpaired) electrons. The van der Waals surface area contributed by atoms with E-state index in [4.69, 9.17) is 11.6 Å². The first-order valence-electron chi connectivity index (χ1n) is 6.03. The van der Waals surface area contributed by atoms with Crippen molar-refractivity contribution in [2.75, 3.05) is 5.88 Å². The molecule has 0 unspecified atom stereocenters. The van der Waals surface area contributed by atoms with E-state index in [-0.39, 0.29) is 11.7 Å². The van der Waals surface area contributed by atoms with Crippen molar-refractivity contribution in [2.24, 2.45) is 0 Å². The van der Waals surface area contributed by atoms with Crippen molar-refractivity contribution >= 4 is 33.3 Å². The minimum Gasteiger partial charge on any atom is -0.344 e. The molecule has 1 aromatic heterocycles. The lowest BCUT2D eigenvalue weighted by molar-refractivity contribution is 0.102. The van der Waals surface area contributed by atoms with Crippen LogP contribution in [0.15, 0.2) is 34.8 Å². The molecule has 0 atom stereocenters. The molecule has 100 valence electrons. The number of aromatic nitrogens is 1. The summed E-state index contributed by atoms with van der Waals surface area (Å²) in [6, 6.07) is 10.1. The van der Waals surface area contributed by atoms with Gasteiger partial charge in [0.2, 0.25) is 0 Å². The third kappa shape index (κ3) is 3.10. The number of alkyl halides is 1. The van der Waals surface area contributed by atoms with Gasteiger partial charge >= 0.3 is 0 Å². The fourth-order valence-electron chi connectivity index (χ4n) is 2.17. The van der Waals surface area contributed by atoms with Gasteiger partial charge in [0.05, 0.1) is 5.88 Å². The number of benzene rings is 1. The van der Waals surface area contributed by atoms with Crippen molar-refractivity contribution in [2.45, 2.75) is 20.4 Å². The number of nitrogens with zero attached hydrogens (tertiary/aromatic N) is 1. The molecule has 0 aliphatic heterocycles. The zero-order chi connectivity index (χ0) is 14.0. The smallest absolute Gasteiger partial charge is 0.179 e. The number of halogens is 2. The van der Waals surface area contributed by atoms with E-state index in [1.807, 2.05) is 32.0 Å². The van der Waals surface area contributed by atoms with Gasteiger partial charge in [0, 0.05) is 28.0 Å². The van der Waals surface area contributed by atoms with Gasteiger partial charge in [-0.3, -0.25) is 4.79 Å². The average molecular weight is 341 g/mol. The van der Waals surface area contributed by atoms with Crippen molar-refractivity contribution in [1.82, 2.24) is 4.57 Å². The summed E-state index contributed by atoms with van der Waals surface area (Å²) < 4.78 is 3.21. The predicted octanol–water partition coefficient (Wildman–Crippen LogP) is 4.34. The van der Waals surface area contributed by atoms with Crippen LogP contribution in [0.5, 0.6) is 0 Å². The molecular formula is C15H15BrClNO. The van der Waals surface area contributed by atoms with Crippen LogP contribution in [0.4, 0.5) is 0 Å². The van der Waals surface area contributed by atoms with Crippen molar-refractivity contribution < 1.29 is 4.79 Å². The number of ketones is 1. The largest absolute Gasteiger partial charge is 0.344 e. The highest BCUT2D eigenvalue weighted by molar-refractivity contribution is 9.10. The molecule has 0 aliphatic rings. The minimum absolute atomic E-state index is 0.0168. The van der Waals surface area contributed by atoms with Crippen LogP contribution in [0.1, 0.15) is 27.3 Å². The number of hydrogen-bond acceptors (Lipinski definition) is 1. The van der Waals surface area contributed by atoms with Gasteiger partial charge in [0.25, 0.3) is 0 Å². The highest BCUT2D eigenvalue weighted by Crippen LogP contribution is 2.19. The van der Waals surface area contributed by atoms with Crippen molar-refractivity contribution in [1.29, 1.82) is 0 Å². The van der Waals surface area contributed by atoms with Crippen molar-refractivity contribution in [3.8, 4) is 0 Å². The summed E-state index contributed by atoms with van der Waals surface area (Å²) in [4.78, 5) is 11.7. The molecule has 0 amide bonds. The lowest BCUT2D eigenvalue weighted by Crippen LogP contribution is -2.06. The Labute approximate surface area is 126 Å². The number of rotatable bonds is 4. The second-order valence-corrected chi connectivity index (χ2v) is 5.74. The number of Topliss-reactive ketones (excluding diaryl/α,β-unsaturated/α-hetero) is 1. The Kier molecular flexibility index (Phi) is 4.48. The molecule has 0 saturated carbocycles. The second-order valence-electron chi connectivity index (χ2n) is 4.55. The van der Waals surface area contributed by atoms with Crippen LogP contribution in [0, 0.1) is 13.8 Å². The van der Waals surface area contributed by atoms with Crippen molar-refractivity contribution in [3.05, 3.63) is 57.3 Å². The quantitative estimate of drug-likeness (QED) is 0.599. The molecule has 0 bridgehead atoms. The van der Waals surface area contributed by atoms with Crippen LogP contribution in [0.2, 0.25) is 0 Å². The Bertz CT molecular complexity index is 601.